The molecular weight excluding hydrogens is 136 g/mol. The monoisotopic (exact) mass is 142 g/mol. The van der Waals surface area contributed by atoms with Gasteiger partial charge in [0.05, 0.1) is 0 Å². The first-order valence-corrected chi connectivity index (χ1v) is 2.68. The van der Waals surface area contributed by atoms with E-state index in [1.807, 2.05) is 0 Å². The van der Waals surface area contributed by atoms with Crippen LogP contribution in [0, 0.1) is 0 Å². The molecule has 4 heteroatoms. The van der Waals surface area contributed by atoms with E-state index in [2.05, 4.69) is 0 Å². The predicted octanol–water partition coefficient (Wildman–Crippen LogP) is 2.09. The SMILES string of the molecule is FC1CC(F)C(F)(F)C1. The lowest BCUT2D eigenvalue weighted by Gasteiger charge is -2.08. The summed E-state index contributed by atoms with van der Waals surface area (Å²) in [5, 5.41) is 0. The minimum atomic E-state index is -3.42. The molecule has 0 bridgehead atoms. The van der Waals surface area contributed by atoms with Crippen LogP contribution in [0.15, 0.2) is 0 Å². The highest BCUT2D eigenvalue weighted by atomic mass is 19.3. The maximum Gasteiger partial charge on any atom is 0.281 e. The predicted molar refractivity (Wildman–Crippen MR) is 24.0 cm³/mol. The van der Waals surface area contributed by atoms with Gasteiger partial charge in [0.2, 0.25) is 0 Å². The fourth-order valence-electron chi connectivity index (χ4n) is 0.903. The third-order valence-electron chi connectivity index (χ3n) is 1.41. The lowest BCUT2D eigenvalue weighted by atomic mass is 10.3. The molecule has 0 spiro atoms. The van der Waals surface area contributed by atoms with E-state index in [1.54, 1.807) is 0 Å². The molecule has 0 nitrogen and oxygen atoms in total. The zero-order valence-corrected chi connectivity index (χ0v) is 4.58. The molecule has 1 fully saturated rings. The molecule has 0 aromatic carbocycles. The van der Waals surface area contributed by atoms with Crippen molar-refractivity contribution in [3.05, 3.63) is 0 Å². The molecule has 2 unspecified atom stereocenters. The van der Waals surface area contributed by atoms with Crippen LogP contribution in [0.3, 0.4) is 0 Å². The quantitative estimate of drug-likeness (QED) is 0.454. The smallest absolute Gasteiger partial charge is 0.247 e. The molecule has 0 N–H and O–H groups in total. The van der Waals surface area contributed by atoms with Crippen LogP contribution in [0.5, 0.6) is 0 Å². The first-order chi connectivity index (χ1) is 4.02. The molecule has 1 rings (SSSR count). The van der Waals surface area contributed by atoms with Gasteiger partial charge in [-0.1, -0.05) is 0 Å². The van der Waals surface area contributed by atoms with Crippen molar-refractivity contribution in [1.82, 2.24) is 0 Å². The first kappa shape index (κ1) is 6.83. The summed E-state index contributed by atoms with van der Waals surface area (Å²) in [5.74, 6) is -3.42. The molecule has 2 atom stereocenters. The van der Waals surface area contributed by atoms with Crippen LogP contribution in [0.25, 0.3) is 0 Å². The van der Waals surface area contributed by atoms with Gasteiger partial charge in [0, 0.05) is 12.8 Å². The summed E-state index contributed by atoms with van der Waals surface area (Å²) >= 11 is 0. The van der Waals surface area contributed by atoms with Crippen molar-refractivity contribution in [2.24, 2.45) is 0 Å². The van der Waals surface area contributed by atoms with Gasteiger partial charge < -0.3 is 0 Å². The topological polar surface area (TPSA) is 0 Å². The summed E-state index contributed by atoms with van der Waals surface area (Å²) in [6.45, 7) is 0. The highest BCUT2D eigenvalue weighted by Gasteiger charge is 2.49. The van der Waals surface area contributed by atoms with Gasteiger partial charge >= 0.3 is 0 Å². The maximum absolute atomic E-state index is 12.0. The molecular formula is C5H6F4. The summed E-state index contributed by atoms with van der Waals surface area (Å²) in [5.41, 5.74) is 0. The molecule has 1 aliphatic rings. The van der Waals surface area contributed by atoms with E-state index in [0.717, 1.165) is 0 Å². The van der Waals surface area contributed by atoms with Crippen molar-refractivity contribution in [2.75, 3.05) is 0 Å². The summed E-state index contributed by atoms with van der Waals surface area (Å²) in [6, 6.07) is 0. The maximum atomic E-state index is 12.0. The van der Waals surface area contributed by atoms with Gasteiger partial charge in [0.15, 0.2) is 6.17 Å². The van der Waals surface area contributed by atoms with Crippen LogP contribution in [0.4, 0.5) is 17.6 Å². The van der Waals surface area contributed by atoms with E-state index in [-0.39, 0.29) is 0 Å². The Morgan fingerprint density at radius 2 is 1.78 bits per heavy atom. The molecule has 0 aromatic rings. The van der Waals surface area contributed by atoms with Crippen LogP contribution in [-0.2, 0) is 0 Å². The second-order valence-electron chi connectivity index (χ2n) is 2.27. The van der Waals surface area contributed by atoms with Crippen molar-refractivity contribution in [3.8, 4) is 0 Å². The summed E-state index contributed by atoms with van der Waals surface area (Å²) in [7, 11) is 0. The Morgan fingerprint density at radius 1 is 1.22 bits per heavy atom. The van der Waals surface area contributed by atoms with Crippen molar-refractivity contribution in [2.45, 2.75) is 31.1 Å². The van der Waals surface area contributed by atoms with Crippen LogP contribution in [-0.4, -0.2) is 18.3 Å². The Morgan fingerprint density at radius 3 is 1.89 bits per heavy atom. The lowest BCUT2D eigenvalue weighted by Crippen LogP contribution is -2.22. The van der Waals surface area contributed by atoms with Crippen LogP contribution in [0.2, 0.25) is 0 Å². The van der Waals surface area contributed by atoms with E-state index >= 15 is 0 Å². The molecule has 0 amide bonds. The van der Waals surface area contributed by atoms with E-state index in [0.29, 0.717) is 0 Å². The highest BCUT2D eigenvalue weighted by molar-refractivity contribution is 4.89. The third-order valence-corrected chi connectivity index (χ3v) is 1.41. The lowest BCUT2D eigenvalue weighted by molar-refractivity contribution is -0.0519. The molecule has 1 saturated carbocycles. The second kappa shape index (κ2) is 1.85. The van der Waals surface area contributed by atoms with Gasteiger partial charge in [-0.25, -0.2) is 17.6 Å². The molecule has 9 heavy (non-hydrogen) atoms. The molecule has 0 saturated heterocycles. The Hall–Kier alpha value is -0.280. The first-order valence-electron chi connectivity index (χ1n) is 2.68. The number of halogens is 4. The Kier molecular flexibility index (Phi) is 1.41. The largest absolute Gasteiger partial charge is 0.281 e. The number of rotatable bonds is 0. The average molecular weight is 142 g/mol. The zero-order chi connectivity index (χ0) is 7.07. The van der Waals surface area contributed by atoms with Gasteiger partial charge in [-0.2, -0.15) is 0 Å². The summed E-state index contributed by atoms with van der Waals surface area (Å²) in [6.07, 6.45) is -5.52. The van der Waals surface area contributed by atoms with Gasteiger partial charge in [-0.3, -0.25) is 0 Å². The minimum Gasteiger partial charge on any atom is -0.247 e. The normalized spacial score (nSPS) is 41.3. The van der Waals surface area contributed by atoms with Crippen molar-refractivity contribution in [1.29, 1.82) is 0 Å². The zero-order valence-electron chi connectivity index (χ0n) is 4.58. The second-order valence-corrected chi connectivity index (χ2v) is 2.27. The molecule has 1 aliphatic carbocycles. The molecule has 54 valence electrons. The fraction of sp³-hybridized carbons (Fsp3) is 1.00. The van der Waals surface area contributed by atoms with Gasteiger partial charge in [0.1, 0.15) is 6.17 Å². The van der Waals surface area contributed by atoms with Gasteiger partial charge in [-0.15, -0.1) is 0 Å². The molecule has 0 aliphatic heterocycles. The molecule has 0 radical (unpaired) electrons. The molecule has 0 aromatic heterocycles. The Bertz CT molecular complexity index is 112. The van der Waals surface area contributed by atoms with E-state index < -0.39 is 31.1 Å². The van der Waals surface area contributed by atoms with Crippen LogP contribution < -0.4 is 0 Å². The van der Waals surface area contributed by atoms with E-state index in [1.165, 1.54) is 0 Å². The average Bonchev–Trinajstić information content (AvgIpc) is 1.79. The molecule has 0 heterocycles. The van der Waals surface area contributed by atoms with Crippen LogP contribution in [0.1, 0.15) is 12.8 Å². The third kappa shape index (κ3) is 1.17. The Balaban J connectivity index is 2.58. The number of hydrogen-bond donors (Lipinski definition) is 0. The van der Waals surface area contributed by atoms with Gasteiger partial charge in [0.25, 0.3) is 5.92 Å². The van der Waals surface area contributed by atoms with Crippen LogP contribution >= 0.6 is 0 Å². The number of alkyl halides is 4. The minimum absolute atomic E-state index is 0.646. The number of hydrogen-bond acceptors (Lipinski definition) is 0. The summed E-state index contributed by atoms with van der Waals surface area (Å²) in [4.78, 5) is 0. The van der Waals surface area contributed by atoms with E-state index in [9.17, 15) is 17.6 Å². The summed E-state index contributed by atoms with van der Waals surface area (Å²) < 4.78 is 47.9. The van der Waals surface area contributed by atoms with Gasteiger partial charge in [-0.05, 0) is 0 Å². The standard InChI is InChI=1S/C5H6F4/c6-3-1-4(7)5(8,9)2-3/h3-4H,1-2H2. The Labute approximate surface area is 49.9 Å². The highest BCUT2D eigenvalue weighted by Crippen LogP contribution is 2.38. The fourth-order valence-corrected chi connectivity index (χ4v) is 0.903. The van der Waals surface area contributed by atoms with Crippen molar-refractivity contribution >= 4 is 0 Å². The van der Waals surface area contributed by atoms with E-state index in [4.69, 9.17) is 0 Å². The van der Waals surface area contributed by atoms with Crippen molar-refractivity contribution < 1.29 is 17.6 Å². The van der Waals surface area contributed by atoms with Crippen molar-refractivity contribution in [3.63, 3.8) is 0 Å².